The van der Waals surface area contributed by atoms with Gasteiger partial charge in [0, 0.05) is 25.7 Å². The number of benzene rings is 1. The molecule has 0 spiro atoms. The van der Waals surface area contributed by atoms with Gasteiger partial charge in [0.15, 0.2) is 0 Å². The zero-order valence-electron chi connectivity index (χ0n) is 14.9. The molecule has 3 heteroatoms. The molecule has 3 atom stereocenters. The normalized spacial score (nSPS) is 34.4. The second-order valence-corrected chi connectivity index (χ2v) is 7.86. The van der Waals surface area contributed by atoms with E-state index < -0.39 is 0 Å². The highest BCUT2D eigenvalue weighted by Crippen LogP contribution is 2.44. The number of carbonyl (C=O) groups excluding carboxylic acids is 1. The van der Waals surface area contributed by atoms with Crippen molar-refractivity contribution in [3.63, 3.8) is 0 Å². The topological polar surface area (TPSA) is 26.3 Å². The van der Waals surface area contributed by atoms with E-state index >= 15 is 0 Å². The molecule has 2 aliphatic heterocycles. The third-order valence-electron chi connectivity index (χ3n) is 6.53. The van der Waals surface area contributed by atoms with Gasteiger partial charge in [-0.3, -0.25) is 4.79 Å². The van der Waals surface area contributed by atoms with Crippen molar-refractivity contribution in [2.75, 3.05) is 7.05 Å². The average molecular weight is 316 g/mol. The van der Waals surface area contributed by atoms with E-state index in [1.165, 1.54) is 17.3 Å². The summed E-state index contributed by atoms with van der Waals surface area (Å²) in [6.45, 7) is 6.60. The zero-order valence-corrected chi connectivity index (χ0v) is 14.9. The van der Waals surface area contributed by atoms with Crippen molar-refractivity contribution in [1.29, 1.82) is 0 Å². The van der Waals surface area contributed by atoms with Crippen LogP contribution >= 0.6 is 0 Å². The summed E-state index contributed by atoms with van der Waals surface area (Å²) in [4.78, 5) is 12.5. The van der Waals surface area contributed by atoms with Gasteiger partial charge in [0.05, 0.1) is 31.1 Å². The molecule has 1 aromatic carbocycles. The molecule has 3 rings (SSSR count). The SMILES string of the molecule is CC(C(=O)OC1CC2CCC(C1)[N+]2(C)C(C)C)c1ccccc1. The Balaban J connectivity index is 1.64. The minimum atomic E-state index is -0.179. The van der Waals surface area contributed by atoms with Crippen molar-refractivity contribution in [1.82, 2.24) is 0 Å². The molecular formula is C20H30NO2+. The summed E-state index contributed by atoms with van der Waals surface area (Å²) in [7, 11) is 2.40. The van der Waals surface area contributed by atoms with Crippen LogP contribution in [-0.2, 0) is 9.53 Å². The Labute approximate surface area is 140 Å². The Morgan fingerprint density at radius 3 is 2.17 bits per heavy atom. The van der Waals surface area contributed by atoms with E-state index in [1.807, 2.05) is 37.3 Å². The second kappa shape index (κ2) is 6.27. The van der Waals surface area contributed by atoms with Crippen LogP contribution in [0.2, 0.25) is 0 Å². The lowest BCUT2D eigenvalue weighted by molar-refractivity contribution is -0.968. The maximum Gasteiger partial charge on any atom is 0.313 e. The standard InChI is InChI=1S/C20H30NO2/c1-14(2)21(4)17-10-11-18(21)13-19(12-17)23-20(22)15(3)16-8-6-5-7-9-16/h5-9,14-15,17-19H,10-13H2,1-4H3/q+1. The number of piperidine rings is 1. The van der Waals surface area contributed by atoms with Crippen molar-refractivity contribution in [2.45, 2.75) is 76.6 Å². The quantitative estimate of drug-likeness (QED) is 0.622. The molecule has 0 radical (unpaired) electrons. The Kier molecular flexibility index (Phi) is 4.50. The van der Waals surface area contributed by atoms with Crippen molar-refractivity contribution in [3.8, 4) is 0 Å². The van der Waals surface area contributed by atoms with Crippen LogP contribution in [0.25, 0.3) is 0 Å². The predicted molar refractivity (Wildman–Crippen MR) is 92.1 cm³/mol. The Morgan fingerprint density at radius 2 is 1.65 bits per heavy atom. The van der Waals surface area contributed by atoms with Crippen molar-refractivity contribution in [3.05, 3.63) is 35.9 Å². The molecule has 0 aliphatic carbocycles. The summed E-state index contributed by atoms with van der Waals surface area (Å²) in [6.07, 6.45) is 4.72. The van der Waals surface area contributed by atoms with E-state index in [-0.39, 0.29) is 18.0 Å². The highest BCUT2D eigenvalue weighted by molar-refractivity contribution is 5.77. The lowest BCUT2D eigenvalue weighted by atomic mass is 9.94. The molecule has 1 aromatic rings. The number of esters is 1. The zero-order chi connectivity index (χ0) is 16.6. The smallest absolute Gasteiger partial charge is 0.313 e. The van der Waals surface area contributed by atoms with E-state index in [2.05, 4.69) is 20.9 Å². The number of hydrogen-bond acceptors (Lipinski definition) is 2. The van der Waals surface area contributed by atoms with E-state index in [4.69, 9.17) is 4.74 Å². The number of quaternary nitrogens is 1. The summed E-state index contributed by atoms with van der Waals surface area (Å²) in [5.41, 5.74) is 1.04. The fourth-order valence-electron chi connectivity index (χ4n) is 4.72. The minimum Gasteiger partial charge on any atom is -0.461 e. The maximum atomic E-state index is 12.5. The molecule has 2 bridgehead atoms. The number of rotatable bonds is 4. The van der Waals surface area contributed by atoms with Gasteiger partial charge in [-0.2, -0.15) is 0 Å². The highest BCUT2D eigenvalue weighted by Gasteiger charge is 2.53. The minimum absolute atomic E-state index is 0.0683. The summed E-state index contributed by atoms with van der Waals surface area (Å²) in [5.74, 6) is -0.247. The summed E-state index contributed by atoms with van der Waals surface area (Å²) in [5, 5.41) is 0. The monoisotopic (exact) mass is 316 g/mol. The molecule has 126 valence electrons. The van der Waals surface area contributed by atoms with Gasteiger partial charge >= 0.3 is 5.97 Å². The molecule has 23 heavy (non-hydrogen) atoms. The van der Waals surface area contributed by atoms with Gasteiger partial charge < -0.3 is 9.22 Å². The number of hydrogen-bond donors (Lipinski definition) is 0. The third-order valence-corrected chi connectivity index (χ3v) is 6.53. The van der Waals surface area contributed by atoms with Gasteiger partial charge in [-0.15, -0.1) is 0 Å². The summed E-state index contributed by atoms with van der Waals surface area (Å²) < 4.78 is 7.08. The predicted octanol–water partition coefficient (Wildman–Crippen LogP) is 3.88. The summed E-state index contributed by atoms with van der Waals surface area (Å²) in [6, 6.07) is 11.9. The molecule has 0 aromatic heterocycles. The first-order valence-corrected chi connectivity index (χ1v) is 9.04. The lowest BCUT2D eigenvalue weighted by Crippen LogP contribution is -2.62. The Morgan fingerprint density at radius 1 is 1.09 bits per heavy atom. The van der Waals surface area contributed by atoms with Crippen molar-refractivity contribution in [2.24, 2.45) is 0 Å². The molecule has 2 fully saturated rings. The third kappa shape index (κ3) is 2.91. The molecule has 0 N–H and O–H groups in total. The molecule has 2 heterocycles. The molecule has 3 unspecified atom stereocenters. The van der Waals surface area contributed by atoms with Crippen LogP contribution in [0.5, 0.6) is 0 Å². The van der Waals surface area contributed by atoms with Gasteiger partial charge in [0.25, 0.3) is 0 Å². The van der Waals surface area contributed by atoms with E-state index in [0.29, 0.717) is 18.1 Å². The van der Waals surface area contributed by atoms with Gasteiger partial charge in [-0.05, 0) is 26.3 Å². The number of nitrogens with zero attached hydrogens (tertiary/aromatic N) is 1. The van der Waals surface area contributed by atoms with Crippen LogP contribution in [-0.4, -0.2) is 41.7 Å². The van der Waals surface area contributed by atoms with Crippen LogP contribution in [0.1, 0.15) is 57.9 Å². The molecule has 0 saturated carbocycles. The molecule has 2 aliphatic rings. The van der Waals surface area contributed by atoms with Crippen LogP contribution in [0, 0.1) is 0 Å². The fourth-order valence-corrected chi connectivity index (χ4v) is 4.72. The maximum absolute atomic E-state index is 12.5. The largest absolute Gasteiger partial charge is 0.461 e. The van der Waals surface area contributed by atoms with Gasteiger partial charge in [0.2, 0.25) is 0 Å². The molecule has 0 amide bonds. The van der Waals surface area contributed by atoms with E-state index in [1.54, 1.807) is 0 Å². The van der Waals surface area contributed by atoms with Crippen molar-refractivity contribution >= 4 is 5.97 Å². The number of ether oxygens (including phenoxy) is 1. The van der Waals surface area contributed by atoms with Gasteiger partial charge in [-0.1, -0.05) is 30.3 Å². The second-order valence-electron chi connectivity index (χ2n) is 7.86. The van der Waals surface area contributed by atoms with Crippen LogP contribution in [0.3, 0.4) is 0 Å². The molecule has 2 saturated heterocycles. The first-order chi connectivity index (χ1) is 10.9. The van der Waals surface area contributed by atoms with Crippen LogP contribution in [0.4, 0.5) is 0 Å². The Hall–Kier alpha value is -1.35. The first-order valence-electron chi connectivity index (χ1n) is 9.04. The van der Waals surface area contributed by atoms with E-state index in [9.17, 15) is 4.79 Å². The molecule has 3 nitrogen and oxygen atoms in total. The van der Waals surface area contributed by atoms with E-state index in [0.717, 1.165) is 18.4 Å². The van der Waals surface area contributed by atoms with Crippen molar-refractivity contribution < 1.29 is 14.0 Å². The summed E-state index contributed by atoms with van der Waals surface area (Å²) >= 11 is 0. The van der Waals surface area contributed by atoms with Crippen LogP contribution in [0.15, 0.2) is 30.3 Å². The lowest BCUT2D eigenvalue weighted by Gasteiger charge is -2.49. The Bertz CT molecular complexity index is 540. The molecular weight excluding hydrogens is 286 g/mol. The van der Waals surface area contributed by atoms with Gasteiger partial charge in [-0.25, -0.2) is 0 Å². The number of fused-ring (bicyclic) bond motifs is 2. The number of carbonyl (C=O) groups is 1. The first kappa shape index (κ1) is 16.5. The average Bonchev–Trinajstić information content (AvgIpc) is 2.73. The highest BCUT2D eigenvalue weighted by atomic mass is 16.5. The fraction of sp³-hybridized carbons (Fsp3) is 0.650. The van der Waals surface area contributed by atoms with Crippen LogP contribution < -0.4 is 0 Å². The van der Waals surface area contributed by atoms with Gasteiger partial charge in [0.1, 0.15) is 6.10 Å².